The quantitative estimate of drug-likeness (QED) is 0.244. The number of amides is 3. The predicted molar refractivity (Wildman–Crippen MR) is 165 cm³/mol. The van der Waals surface area contributed by atoms with E-state index in [2.05, 4.69) is 26.7 Å². The maximum absolute atomic E-state index is 14.3. The number of hydrogen-bond donors (Lipinski definition) is 2. The summed E-state index contributed by atoms with van der Waals surface area (Å²) in [7, 11) is 0. The Kier molecular flexibility index (Phi) is 6.78. The van der Waals surface area contributed by atoms with Crippen LogP contribution in [-0.2, 0) is 27.1 Å². The van der Waals surface area contributed by atoms with Crippen LogP contribution in [0.1, 0.15) is 59.2 Å². The van der Waals surface area contributed by atoms with Gasteiger partial charge in [-0.25, -0.2) is 19.3 Å². The molecule has 2 aromatic heterocycles. The van der Waals surface area contributed by atoms with Crippen LogP contribution in [0.3, 0.4) is 0 Å². The van der Waals surface area contributed by atoms with Crippen molar-refractivity contribution in [1.82, 2.24) is 25.2 Å². The fraction of sp³-hybridized carbons (Fsp3) is 0.290. The molecule has 10 nitrogen and oxygen atoms in total. The number of fused-ring (bicyclic) bond motifs is 1. The third-order valence-electron chi connectivity index (χ3n) is 8.67. The van der Waals surface area contributed by atoms with Gasteiger partial charge in [0, 0.05) is 18.0 Å². The second-order valence-corrected chi connectivity index (χ2v) is 13.5. The van der Waals surface area contributed by atoms with Gasteiger partial charge in [-0.2, -0.15) is 5.26 Å². The molecular weight excluding hydrogens is 640 g/mol. The summed E-state index contributed by atoms with van der Waals surface area (Å²) >= 11 is 13.7. The lowest BCUT2D eigenvalue weighted by molar-refractivity contribution is -0.125. The van der Waals surface area contributed by atoms with E-state index >= 15 is 0 Å². The maximum Gasteiger partial charge on any atom is 0.270 e. The van der Waals surface area contributed by atoms with Gasteiger partial charge in [0.15, 0.2) is 5.82 Å². The summed E-state index contributed by atoms with van der Waals surface area (Å²) in [6.45, 7) is 1.67. The summed E-state index contributed by atoms with van der Waals surface area (Å²) in [6.07, 6.45) is 5.64. The number of benzene rings is 2. The molecule has 228 valence electrons. The van der Waals surface area contributed by atoms with Crippen LogP contribution < -0.4 is 15.5 Å². The first-order valence-corrected chi connectivity index (χ1v) is 15.8. The maximum atomic E-state index is 14.3. The Balaban J connectivity index is 1.24. The van der Waals surface area contributed by atoms with Crippen molar-refractivity contribution in [3.05, 3.63) is 91.9 Å². The molecule has 0 radical (unpaired) electrons. The van der Waals surface area contributed by atoms with Gasteiger partial charge in [0.05, 0.1) is 39.1 Å². The van der Waals surface area contributed by atoms with Gasteiger partial charge < -0.3 is 10.6 Å². The van der Waals surface area contributed by atoms with E-state index in [0.29, 0.717) is 18.4 Å². The first-order valence-electron chi connectivity index (χ1n) is 14.1. The molecule has 4 aromatic rings. The van der Waals surface area contributed by atoms with Gasteiger partial charge in [0.25, 0.3) is 11.8 Å². The smallest absolute Gasteiger partial charge is 0.270 e. The highest BCUT2D eigenvalue weighted by Crippen LogP contribution is 2.48. The van der Waals surface area contributed by atoms with E-state index in [9.17, 15) is 24.0 Å². The monoisotopic (exact) mass is 663 g/mol. The normalized spacial score (nSPS) is 20.3. The number of nitriles is 1. The predicted octanol–water partition coefficient (Wildman–Crippen LogP) is 5.36. The molecule has 45 heavy (non-hydrogen) atoms. The molecule has 3 heterocycles. The molecule has 2 saturated carbocycles. The number of nitrogens with zero attached hydrogens (tertiary/aromatic N) is 5. The van der Waals surface area contributed by atoms with Crippen LogP contribution in [0.2, 0.25) is 10.0 Å². The lowest BCUT2D eigenvalue weighted by Gasteiger charge is -2.27. The molecular formula is C31H24Cl2FN7O3S. The minimum atomic E-state index is -1.39. The van der Waals surface area contributed by atoms with E-state index < -0.39 is 34.2 Å². The Morgan fingerprint density at radius 1 is 1.09 bits per heavy atom. The number of aromatic nitrogens is 3. The van der Waals surface area contributed by atoms with Gasteiger partial charge >= 0.3 is 0 Å². The van der Waals surface area contributed by atoms with Crippen molar-refractivity contribution in [2.75, 3.05) is 4.90 Å². The molecule has 2 N–H and O–H groups in total. The van der Waals surface area contributed by atoms with Crippen molar-refractivity contribution in [2.45, 2.75) is 55.6 Å². The summed E-state index contributed by atoms with van der Waals surface area (Å²) in [5.74, 6) is -2.03. The van der Waals surface area contributed by atoms with Crippen molar-refractivity contribution < 1.29 is 18.8 Å². The van der Waals surface area contributed by atoms with Crippen LogP contribution >= 0.6 is 34.5 Å². The number of hydrogen-bond acceptors (Lipinski definition) is 7. The minimum absolute atomic E-state index is 0.0661. The van der Waals surface area contributed by atoms with E-state index in [-0.39, 0.29) is 39.7 Å². The highest BCUT2D eigenvalue weighted by molar-refractivity contribution is 7.09. The van der Waals surface area contributed by atoms with Crippen LogP contribution in [0, 0.1) is 17.1 Å². The van der Waals surface area contributed by atoms with Crippen LogP contribution in [0.25, 0.3) is 0 Å². The van der Waals surface area contributed by atoms with Crippen LogP contribution in [0.4, 0.5) is 16.0 Å². The number of carbonyl (C=O) groups is 3. The van der Waals surface area contributed by atoms with E-state index in [1.807, 2.05) is 5.38 Å². The molecule has 0 bridgehead atoms. The van der Waals surface area contributed by atoms with Gasteiger partial charge in [0.1, 0.15) is 21.8 Å². The Morgan fingerprint density at radius 2 is 1.78 bits per heavy atom. The Labute approximate surface area is 270 Å². The Morgan fingerprint density at radius 3 is 2.36 bits per heavy atom. The van der Waals surface area contributed by atoms with Crippen molar-refractivity contribution in [3.8, 4) is 6.07 Å². The molecule has 3 amide bonds. The van der Waals surface area contributed by atoms with Crippen molar-refractivity contribution in [3.63, 3.8) is 0 Å². The molecule has 2 fully saturated rings. The first-order chi connectivity index (χ1) is 21.5. The zero-order valence-electron chi connectivity index (χ0n) is 23.7. The average Bonchev–Trinajstić information content (AvgIpc) is 3.82. The van der Waals surface area contributed by atoms with Crippen molar-refractivity contribution in [2.24, 2.45) is 0 Å². The lowest BCUT2D eigenvalue weighted by atomic mass is 9.91. The molecule has 1 atom stereocenters. The molecule has 0 spiro atoms. The van der Waals surface area contributed by atoms with Gasteiger partial charge in [-0.05, 0) is 62.4 Å². The summed E-state index contributed by atoms with van der Waals surface area (Å²) < 4.78 is 15.8. The van der Waals surface area contributed by atoms with E-state index in [0.717, 1.165) is 23.4 Å². The first kappa shape index (κ1) is 29.4. The molecule has 0 unspecified atom stereocenters. The molecule has 2 aliphatic carbocycles. The minimum Gasteiger partial charge on any atom is -0.342 e. The van der Waals surface area contributed by atoms with E-state index in [1.54, 1.807) is 37.4 Å². The summed E-state index contributed by atoms with van der Waals surface area (Å²) in [5.41, 5.74) is -1.57. The topological polar surface area (TPSA) is 133 Å². The molecule has 1 aliphatic heterocycles. The zero-order chi connectivity index (χ0) is 31.7. The number of thiazole rings is 1. The fourth-order valence-corrected chi connectivity index (χ4v) is 7.19. The lowest BCUT2D eigenvalue weighted by Crippen LogP contribution is -2.52. The summed E-state index contributed by atoms with van der Waals surface area (Å²) in [6, 6.07) is 11.4. The largest absolute Gasteiger partial charge is 0.342 e. The second-order valence-electron chi connectivity index (χ2n) is 11.8. The number of nitrogens with one attached hydrogen (secondary N) is 2. The van der Waals surface area contributed by atoms with E-state index in [4.69, 9.17) is 23.2 Å². The number of carbonyl (C=O) groups excluding carboxylic acids is 3. The van der Waals surface area contributed by atoms with E-state index in [1.165, 1.54) is 39.1 Å². The Hall–Kier alpha value is -4.31. The van der Waals surface area contributed by atoms with Crippen molar-refractivity contribution >= 4 is 63.9 Å². The molecule has 0 saturated heterocycles. The van der Waals surface area contributed by atoms with Gasteiger partial charge in [-0.15, -0.1) is 11.3 Å². The number of rotatable bonds is 8. The number of anilines is 2. The Bertz CT molecular complexity index is 1910. The third-order valence-corrected chi connectivity index (χ3v) is 10.2. The SMILES string of the molecule is C[C@@]1(Cc2ccc(C#N)cc2)C(=O)N(c2cc(Cl)c(F)c(Cl)c2)c2ncc(C(=O)NC3(C(=O)NC4(c5nccs5)CC4)CC3)n21. The van der Waals surface area contributed by atoms with Crippen LogP contribution in [0.5, 0.6) is 0 Å². The van der Waals surface area contributed by atoms with Crippen molar-refractivity contribution in [1.29, 1.82) is 5.26 Å². The third kappa shape index (κ3) is 4.77. The molecule has 3 aliphatic rings. The van der Waals surface area contributed by atoms with Crippen LogP contribution in [0.15, 0.2) is 54.2 Å². The molecule has 2 aromatic carbocycles. The van der Waals surface area contributed by atoms with Crippen LogP contribution in [-0.4, -0.2) is 37.8 Å². The van der Waals surface area contributed by atoms with Gasteiger partial charge in [0.2, 0.25) is 11.9 Å². The average molecular weight is 665 g/mol. The standard InChI is InChI=1S/C31H24Cl2FN7O3S/c1-29(14-17-2-4-18(15-35)5-3-17)27(44)40(19-12-20(32)23(34)21(33)13-19)28-37-16-22(41(28)29)24(42)38-30(6-7-30)25(43)39-31(8-9-31)26-36-10-11-45-26/h2-5,10-13,16H,6-9,14H2,1H3,(H,38,42)(H,39,43)/t29-/m1/s1. The summed E-state index contributed by atoms with van der Waals surface area (Å²) in [5, 5.41) is 17.4. The molecule has 14 heteroatoms. The second kappa shape index (κ2) is 10.4. The number of imidazole rings is 1. The summed E-state index contributed by atoms with van der Waals surface area (Å²) in [4.78, 5) is 51.8. The fourth-order valence-electron chi connectivity index (χ4n) is 5.86. The highest BCUT2D eigenvalue weighted by Gasteiger charge is 2.57. The molecule has 7 rings (SSSR count). The zero-order valence-corrected chi connectivity index (χ0v) is 26.1. The number of halogens is 3. The van der Waals surface area contributed by atoms with Gasteiger partial charge in [-0.1, -0.05) is 35.3 Å². The van der Waals surface area contributed by atoms with Gasteiger partial charge in [-0.3, -0.25) is 19.0 Å². The highest BCUT2D eigenvalue weighted by atomic mass is 35.5.